The molecule has 0 atom stereocenters. The van der Waals surface area contributed by atoms with Crippen molar-refractivity contribution in [3.8, 4) is 17.0 Å². The van der Waals surface area contributed by atoms with E-state index in [1.54, 1.807) is 14.0 Å². The molecule has 1 aliphatic rings. The predicted molar refractivity (Wildman–Crippen MR) is 111 cm³/mol. The van der Waals surface area contributed by atoms with Gasteiger partial charge in [-0.25, -0.2) is 13.1 Å². The maximum atomic E-state index is 11.6. The van der Waals surface area contributed by atoms with Gasteiger partial charge in [0.2, 0.25) is 10.0 Å². The Morgan fingerprint density at radius 2 is 1.82 bits per heavy atom. The fraction of sp³-hybridized carbons (Fsp3) is 0.500. The van der Waals surface area contributed by atoms with Crippen molar-refractivity contribution in [1.29, 1.82) is 0 Å². The average Bonchev–Trinajstić information content (AvgIpc) is 2.74. The minimum Gasteiger partial charge on any atom is -0.496 e. The van der Waals surface area contributed by atoms with E-state index in [-0.39, 0.29) is 5.75 Å². The van der Waals surface area contributed by atoms with Gasteiger partial charge < -0.3 is 10.1 Å². The molecule has 8 heteroatoms. The molecule has 1 aliphatic carbocycles. The Morgan fingerprint density at radius 1 is 1.07 bits per heavy atom. The van der Waals surface area contributed by atoms with Crippen molar-refractivity contribution < 1.29 is 13.2 Å². The fourth-order valence-electron chi connectivity index (χ4n) is 3.48. The highest BCUT2D eigenvalue weighted by Gasteiger charge is 2.22. The quantitative estimate of drug-likeness (QED) is 0.702. The van der Waals surface area contributed by atoms with Gasteiger partial charge in [-0.3, -0.25) is 0 Å². The highest BCUT2D eigenvalue weighted by atomic mass is 32.2. The molecule has 152 valence electrons. The first kappa shape index (κ1) is 20.5. The van der Waals surface area contributed by atoms with Crippen molar-refractivity contribution in [2.45, 2.75) is 38.6 Å². The van der Waals surface area contributed by atoms with E-state index >= 15 is 0 Å². The number of rotatable bonds is 8. The molecule has 3 rings (SSSR count). The van der Waals surface area contributed by atoms with Crippen molar-refractivity contribution in [1.82, 2.24) is 14.9 Å². The Kier molecular flexibility index (Phi) is 6.85. The molecule has 1 heterocycles. The molecule has 2 aromatic rings. The molecule has 0 spiro atoms. The number of sulfonamides is 1. The summed E-state index contributed by atoms with van der Waals surface area (Å²) >= 11 is 0. The van der Waals surface area contributed by atoms with E-state index in [2.05, 4.69) is 20.2 Å². The van der Waals surface area contributed by atoms with Gasteiger partial charge in [-0.15, -0.1) is 10.2 Å². The molecule has 7 nitrogen and oxygen atoms in total. The molecular weight excluding hydrogens is 376 g/mol. The highest BCUT2D eigenvalue weighted by molar-refractivity contribution is 7.89. The molecule has 1 fully saturated rings. The van der Waals surface area contributed by atoms with Gasteiger partial charge in [-0.1, -0.05) is 12.1 Å². The van der Waals surface area contributed by atoms with Crippen molar-refractivity contribution in [3.63, 3.8) is 0 Å². The van der Waals surface area contributed by atoms with E-state index in [0.717, 1.165) is 48.5 Å². The largest absolute Gasteiger partial charge is 0.496 e. The summed E-state index contributed by atoms with van der Waals surface area (Å²) in [5.74, 6) is 2.06. The van der Waals surface area contributed by atoms with Crippen molar-refractivity contribution >= 4 is 15.8 Å². The molecule has 0 radical (unpaired) electrons. The zero-order valence-electron chi connectivity index (χ0n) is 16.4. The zero-order chi connectivity index (χ0) is 20.0. The summed E-state index contributed by atoms with van der Waals surface area (Å²) in [6, 6.07) is 12.0. The molecule has 1 saturated carbocycles. The van der Waals surface area contributed by atoms with Crippen LogP contribution in [0.3, 0.4) is 0 Å². The number of hydrogen-bond acceptors (Lipinski definition) is 6. The third kappa shape index (κ3) is 5.42. The van der Waals surface area contributed by atoms with Crippen molar-refractivity contribution in [2.75, 3.05) is 24.7 Å². The second kappa shape index (κ2) is 9.34. The number of hydrogen-bond donors (Lipinski definition) is 2. The molecule has 0 saturated heterocycles. The van der Waals surface area contributed by atoms with Gasteiger partial charge in [-0.05, 0) is 62.8 Å². The van der Waals surface area contributed by atoms with E-state index in [4.69, 9.17) is 4.74 Å². The lowest BCUT2D eigenvalue weighted by Crippen LogP contribution is -2.34. The maximum Gasteiger partial charge on any atom is 0.211 e. The number of para-hydroxylation sites is 1. The van der Waals surface area contributed by atoms with Crippen LogP contribution in [0.4, 0.5) is 5.82 Å². The molecular formula is C20H28N4O3S. The van der Waals surface area contributed by atoms with Crippen molar-refractivity contribution in [2.24, 2.45) is 5.92 Å². The number of benzene rings is 1. The monoisotopic (exact) mass is 404 g/mol. The molecule has 2 N–H and O–H groups in total. The number of nitrogens with one attached hydrogen (secondary N) is 2. The Balaban J connectivity index is 1.52. The Hall–Kier alpha value is -2.19. The maximum absolute atomic E-state index is 11.6. The number of aromatic nitrogens is 2. The summed E-state index contributed by atoms with van der Waals surface area (Å²) in [6.45, 7) is 2.19. The summed E-state index contributed by atoms with van der Waals surface area (Å²) in [4.78, 5) is 0. The summed E-state index contributed by atoms with van der Waals surface area (Å²) in [6.07, 6.45) is 3.98. The first-order valence-corrected chi connectivity index (χ1v) is 11.4. The number of nitrogens with zero attached hydrogens (tertiary/aromatic N) is 2. The van der Waals surface area contributed by atoms with E-state index in [0.29, 0.717) is 18.5 Å². The zero-order valence-corrected chi connectivity index (χ0v) is 17.2. The van der Waals surface area contributed by atoms with E-state index in [1.807, 2.05) is 36.4 Å². The molecule has 1 aromatic heterocycles. The molecule has 0 unspecified atom stereocenters. The minimum atomic E-state index is -3.11. The van der Waals surface area contributed by atoms with E-state index < -0.39 is 10.0 Å². The fourth-order valence-corrected chi connectivity index (χ4v) is 4.17. The second-order valence-electron chi connectivity index (χ2n) is 7.12. The number of ether oxygens (including phenoxy) is 1. The second-order valence-corrected chi connectivity index (χ2v) is 9.21. The Labute approximate surface area is 167 Å². The first-order valence-electron chi connectivity index (χ1n) is 9.71. The normalized spacial score (nSPS) is 19.9. The summed E-state index contributed by atoms with van der Waals surface area (Å²) < 4.78 is 31.2. The van der Waals surface area contributed by atoms with Crippen LogP contribution < -0.4 is 14.8 Å². The topological polar surface area (TPSA) is 93.2 Å². The number of anilines is 1. The average molecular weight is 405 g/mol. The van der Waals surface area contributed by atoms with Gasteiger partial charge in [0, 0.05) is 18.2 Å². The van der Waals surface area contributed by atoms with Gasteiger partial charge in [0.25, 0.3) is 0 Å². The lowest BCUT2D eigenvalue weighted by molar-refractivity contribution is 0.337. The van der Waals surface area contributed by atoms with E-state index in [9.17, 15) is 8.42 Å². The van der Waals surface area contributed by atoms with Crippen molar-refractivity contribution in [3.05, 3.63) is 36.4 Å². The van der Waals surface area contributed by atoms with Crippen LogP contribution in [0.5, 0.6) is 5.75 Å². The third-order valence-electron chi connectivity index (χ3n) is 5.22. The smallest absolute Gasteiger partial charge is 0.211 e. The van der Waals surface area contributed by atoms with Gasteiger partial charge in [0.15, 0.2) is 0 Å². The Morgan fingerprint density at radius 3 is 2.46 bits per heavy atom. The minimum absolute atomic E-state index is 0.132. The van der Waals surface area contributed by atoms with Crippen LogP contribution in [-0.4, -0.2) is 44.1 Å². The van der Waals surface area contributed by atoms with Gasteiger partial charge >= 0.3 is 0 Å². The van der Waals surface area contributed by atoms with Crippen LogP contribution in [0.25, 0.3) is 11.3 Å². The summed E-state index contributed by atoms with van der Waals surface area (Å²) in [5.41, 5.74) is 1.69. The lowest BCUT2D eigenvalue weighted by Gasteiger charge is -2.29. The summed E-state index contributed by atoms with van der Waals surface area (Å²) in [7, 11) is -1.46. The van der Waals surface area contributed by atoms with Crippen LogP contribution in [-0.2, 0) is 10.0 Å². The molecule has 0 aliphatic heterocycles. The van der Waals surface area contributed by atoms with Crippen LogP contribution in [0.15, 0.2) is 36.4 Å². The molecule has 28 heavy (non-hydrogen) atoms. The molecule has 0 bridgehead atoms. The number of methoxy groups -OCH3 is 1. The molecule has 0 amide bonds. The lowest BCUT2D eigenvalue weighted by atomic mass is 9.86. The van der Waals surface area contributed by atoms with Crippen LogP contribution in [0, 0.1) is 5.92 Å². The van der Waals surface area contributed by atoms with Gasteiger partial charge in [0.05, 0.1) is 18.6 Å². The van der Waals surface area contributed by atoms with Crippen LogP contribution >= 0.6 is 0 Å². The van der Waals surface area contributed by atoms with E-state index in [1.165, 1.54) is 0 Å². The van der Waals surface area contributed by atoms with Crippen LogP contribution in [0.2, 0.25) is 0 Å². The first-order chi connectivity index (χ1) is 13.5. The molecule has 1 aromatic carbocycles. The third-order valence-corrected chi connectivity index (χ3v) is 6.58. The Bertz CT molecular complexity index is 863. The summed E-state index contributed by atoms with van der Waals surface area (Å²) in [5, 5.41) is 12.1. The van der Waals surface area contributed by atoms with Gasteiger partial charge in [-0.2, -0.15) is 0 Å². The standard InChI is InChI=1S/C20H28N4O3S/c1-3-28(25,26)21-14-15-8-10-16(11-9-15)22-20-13-12-18(23-24-20)17-6-4-5-7-19(17)27-2/h4-7,12-13,15-16,21H,3,8-11,14H2,1-2H3,(H,22,24). The van der Waals surface area contributed by atoms with Crippen LogP contribution in [0.1, 0.15) is 32.6 Å². The highest BCUT2D eigenvalue weighted by Crippen LogP contribution is 2.29. The SMILES string of the molecule is CCS(=O)(=O)NCC1CCC(Nc2ccc(-c3ccccc3OC)nn2)CC1. The predicted octanol–water partition coefficient (Wildman–Crippen LogP) is 3.06. The van der Waals surface area contributed by atoms with Gasteiger partial charge in [0.1, 0.15) is 11.6 Å².